The van der Waals surface area contributed by atoms with Crippen molar-refractivity contribution in [1.29, 1.82) is 0 Å². The molecule has 0 radical (unpaired) electrons. The number of nitrogens with one attached hydrogen (secondary N) is 2. The van der Waals surface area contributed by atoms with Crippen LogP contribution in [0.3, 0.4) is 0 Å². The number of nitro groups is 1. The van der Waals surface area contributed by atoms with E-state index >= 15 is 0 Å². The first-order valence-electron chi connectivity index (χ1n) is 9.58. The molecule has 0 atom stereocenters. The second-order valence-electron chi connectivity index (χ2n) is 6.75. The third-order valence-corrected chi connectivity index (χ3v) is 5.43. The Labute approximate surface area is 210 Å². The number of amides is 2. The third kappa shape index (κ3) is 6.59. The van der Waals surface area contributed by atoms with Crippen molar-refractivity contribution in [2.24, 2.45) is 5.10 Å². The molecule has 0 bridgehead atoms. The molecular weight excluding hydrogens is 572 g/mol. The number of hydrogen-bond acceptors (Lipinski definition) is 6. The van der Waals surface area contributed by atoms with E-state index in [0.717, 1.165) is 0 Å². The third-order valence-electron chi connectivity index (χ3n) is 4.37. The second kappa shape index (κ2) is 11.3. The number of carbonyl (C=O) groups excluding carboxylic acids is 2. The number of phenols is 1. The van der Waals surface area contributed by atoms with E-state index in [1.54, 1.807) is 42.5 Å². The molecule has 0 aliphatic rings. The Bertz CT molecular complexity index is 1290. The fraction of sp³-hybridized carbons (Fsp3) is 0. The zero-order valence-corrected chi connectivity index (χ0v) is 20.4. The predicted octanol–water partition coefficient (Wildman–Crippen LogP) is 4.75. The highest BCUT2D eigenvalue weighted by molar-refractivity contribution is 9.11. The Hall–Kier alpha value is -3.83. The van der Waals surface area contributed by atoms with Gasteiger partial charge in [-0.15, -0.1) is 0 Å². The van der Waals surface area contributed by atoms with Gasteiger partial charge in [0.05, 0.1) is 15.6 Å². The Morgan fingerprint density at radius 3 is 2.35 bits per heavy atom. The van der Waals surface area contributed by atoms with Crippen LogP contribution in [0.25, 0.3) is 6.08 Å². The molecule has 0 unspecified atom stereocenters. The van der Waals surface area contributed by atoms with Gasteiger partial charge in [-0.2, -0.15) is 5.10 Å². The molecule has 9 nitrogen and oxygen atoms in total. The van der Waals surface area contributed by atoms with E-state index in [1.165, 1.54) is 36.6 Å². The van der Waals surface area contributed by atoms with E-state index in [9.17, 15) is 24.8 Å². The lowest BCUT2D eigenvalue weighted by molar-refractivity contribution is -0.384. The molecule has 2 amide bonds. The maximum Gasteiger partial charge on any atom is 0.287 e. The zero-order valence-electron chi connectivity index (χ0n) is 17.2. The van der Waals surface area contributed by atoms with E-state index in [-0.39, 0.29) is 17.1 Å². The van der Waals surface area contributed by atoms with Gasteiger partial charge in [0.1, 0.15) is 11.4 Å². The predicted molar refractivity (Wildman–Crippen MR) is 134 cm³/mol. The summed E-state index contributed by atoms with van der Waals surface area (Å²) >= 11 is 6.52. The molecule has 3 rings (SSSR count). The van der Waals surface area contributed by atoms with Gasteiger partial charge in [0.2, 0.25) is 0 Å². The minimum Gasteiger partial charge on any atom is -0.506 e. The van der Waals surface area contributed by atoms with E-state index in [2.05, 4.69) is 47.7 Å². The molecule has 0 saturated carbocycles. The van der Waals surface area contributed by atoms with Gasteiger partial charge < -0.3 is 10.4 Å². The fourth-order valence-corrected chi connectivity index (χ4v) is 3.96. The number of non-ortho nitro benzene ring substituents is 1. The van der Waals surface area contributed by atoms with Gasteiger partial charge in [-0.3, -0.25) is 19.7 Å². The highest BCUT2D eigenvalue weighted by atomic mass is 79.9. The van der Waals surface area contributed by atoms with Crippen LogP contribution in [0.5, 0.6) is 5.75 Å². The van der Waals surface area contributed by atoms with Crippen molar-refractivity contribution in [3.8, 4) is 5.75 Å². The molecule has 0 spiro atoms. The van der Waals surface area contributed by atoms with Crippen molar-refractivity contribution in [2.75, 3.05) is 0 Å². The number of halogens is 2. The lowest BCUT2D eigenvalue weighted by Gasteiger charge is -2.09. The quantitative estimate of drug-likeness (QED) is 0.159. The summed E-state index contributed by atoms with van der Waals surface area (Å²) in [7, 11) is 0. The first-order valence-corrected chi connectivity index (χ1v) is 11.2. The largest absolute Gasteiger partial charge is 0.506 e. The van der Waals surface area contributed by atoms with E-state index in [4.69, 9.17) is 0 Å². The van der Waals surface area contributed by atoms with Gasteiger partial charge in [-0.25, -0.2) is 5.43 Å². The van der Waals surface area contributed by atoms with E-state index in [1.807, 2.05) is 0 Å². The highest BCUT2D eigenvalue weighted by Crippen LogP contribution is 2.30. The summed E-state index contributed by atoms with van der Waals surface area (Å²) in [4.78, 5) is 35.7. The molecule has 0 fully saturated rings. The minimum atomic E-state index is -0.743. The summed E-state index contributed by atoms with van der Waals surface area (Å²) in [5, 5.41) is 27.4. The lowest BCUT2D eigenvalue weighted by atomic mass is 10.1. The molecule has 0 aromatic heterocycles. The van der Waals surface area contributed by atoms with Crippen LogP contribution in [-0.4, -0.2) is 28.1 Å². The van der Waals surface area contributed by atoms with Gasteiger partial charge in [-0.05, 0) is 64.0 Å². The van der Waals surface area contributed by atoms with Crippen LogP contribution < -0.4 is 10.7 Å². The van der Waals surface area contributed by atoms with Crippen molar-refractivity contribution in [2.45, 2.75) is 0 Å². The summed E-state index contributed by atoms with van der Waals surface area (Å²) in [5.74, 6) is -1.34. The molecule has 0 aliphatic carbocycles. The summed E-state index contributed by atoms with van der Waals surface area (Å²) in [6, 6.07) is 17.0. The molecular formula is C23H16Br2N4O5. The lowest BCUT2D eigenvalue weighted by Crippen LogP contribution is -2.32. The molecule has 0 aliphatic heterocycles. The smallest absolute Gasteiger partial charge is 0.287 e. The van der Waals surface area contributed by atoms with Crippen molar-refractivity contribution < 1.29 is 19.6 Å². The van der Waals surface area contributed by atoms with Crippen LogP contribution in [0.1, 0.15) is 21.5 Å². The first-order chi connectivity index (χ1) is 16.2. The number of hydrogen-bond donors (Lipinski definition) is 3. The normalized spacial score (nSPS) is 11.3. The van der Waals surface area contributed by atoms with E-state index in [0.29, 0.717) is 25.6 Å². The van der Waals surface area contributed by atoms with Crippen LogP contribution in [0.15, 0.2) is 86.5 Å². The van der Waals surface area contributed by atoms with Gasteiger partial charge in [0.15, 0.2) is 0 Å². The van der Waals surface area contributed by atoms with Gasteiger partial charge >= 0.3 is 0 Å². The molecule has 34 heavy (non-hydrogen) atoms. The van der Waals surface area contributed by atoms with Gasteiger partial charge in [-0.1, -0.05) is 34.1 Å². The number of benzene rings is 3. The number of carbonyl (C=O) groups is 2. The standard InChI is InChI=1S/C23H16Br2N4O5/c24-17-11-16(21(30)19(25)12-17)13-26-28-23(32)20(27-22(31)15-4-2-1-3-5-15)10-14-6-8-18(9-7-14)29(33)34/h1-13,30H,(H,27,31)(H,28,32)/b20-10+,26-13-. The Balaban J connectivity index is 1.85. The minimum absolute atomic E-state index is 0.0692. The van der Waals surface area contributed by atoms with Crippen molar-refractivity contribution in [3.63, 3.8) is 0 Å². The molecule has 172 valence electrons. The average molecular weight is 588 g/mol. The molecule has 0 heterocycles. The SMILES string of the molecule is O=C(N/N=C\c1cc(Br)cc(Br)c1O)/C(=C\c1ccc([N+](=O)[O-])cc1)NC(=O)c1ccccc1. The second-order valence-corrected chi connectivity index (χ2v) is 8.52. The van der Waals surface area contributed by atoms with Crippen molar-refractivity contribution in [3.05, 3.63) is 108 Å². The van der Waals surface area contributed by atoms with Crippen LogP contribution in [0.4, 0.5) is 5.69 Å². The van der Waals surface area contributed by atoms with Crippen LogP contribution in [0.2, 0.25) is 0 Å². The van der Waals surface area contributed by atoms with Crippen LogP contribution in [-0.2, 0) is 4.79 Å². The number of nitro benzene ring substituents is 1. The summed E-state index contributed by atoms with van der Waals surface area (Å²) in [5.41, 5.74) is 3.16. The van der Waals surface area contributed by atoms with Crippen LogP contribution in [0, 0.1) is 10.1 Å². The maximum absolute atomic E-state index is 12.8. The van der Waals surface area contributed by atoms with Crippen molar-refractivity contribution in [1.82, 2.24) is 10.7 Å². The number of rotatable bonds is 7. The van der Waals surface area contributed by atoms with Gasteiger partial charge in [0, 0.05) is 27.7 Å². The molecule has 11 heteroatoms. The van der Waals surface area contributed by atoms with Crippen molar-refractivity contribution >= 4 is 61.7 Å². The molecule has 0 saturated heterocycles. The fourth-order valence-electron chi connectivity index (χ4n) is 2.71. The number of hydrazone groups is 1. The number of phenolic OH excluding ortho intramolecular Hbond substituents is 1. The van der Waals surface area contributed by atoms with Crippen LogP contribution >= 0.6 is 31.9 Å². The molecule has 3 aromatic rings. The number of nitrogens with zero attached hydrogens (tertiary/aromatic N) is 2. The first kappa shape index (κ1) is 24.8. The van der Waals surface area contributed by atoms with E-state index < -0.39 is 16.7 Å². The Morgan fingerprint density at radius 2 is 1.71 bits per heavy atom. The monoisotopic (exact) mass is 586 g/mol. The summed E-state index contributed by atoms with van der Waals surface area (Å²) in [6.07, 6.45) is 2.61. The Kier molecular flexibility index (Phi) is 8.28. The highest BCUT2D eigenvalue weighted by Gasteiger charge is 2.15. The average Bonchev–Trinajstić information content (AvgIpc) is 2.82. The molecule has 3 N–H and O–H groups in total. The Morgan fingerprint density at radius 1 is 1.03 bits per heavy atom. The summed E-state index contributed by atoms with van der Waals surface area (Å²) in [6.45, 7) is 0. The topological polar surface area (TPSA) is 134 Å². The maximum atomic E-state index is 12.8. The number of aromatic hydroxyl groups is 1. The van der Waals surface area contributed by atoms with Gasteiger partial charge in [0.25, 0.3) is 17.5 Å². The molecule has 3 aromatic carbocycles. The summed E-state index contributed by atoms with van der Waals surface area (Å²) < 4.78 is 1.11. The zero-order chi connectivity index (χ0) is 24.7.